The molecule has 206 valence electrons. The number of carbonyl (C=O) groups excluding carboxylic acids is 1. The number of fused-ring (bicyclic) bond motifs is 3. The molecule has 1 heterocycles. The molecule has 2 aromatic carbocycles. The van der Waals surface area contributed by atoms with Crippen molar-refractivity contribution >= 4 is 40.8 Å². The molecule has 3 atom stereocenters. The number of carboxylic acids is 1. The van der Waals surface area contributed by atoms with Gasteiger partial charge in [-0.2, -0.15) is 0 Å². The highest BCUT2D eigenvalue weighted by Gasteiger charge is 2.57. The summed E-state index contributed by atoms with van der Waals surface area (Å²) < 4.78 is 5.85. The number of unbranched alkanes of at least 4 members (excludes halogenated alkanes) is 1. The Morgan fingerprint density at radius 1 is 1.16 bits per heavy atom. The van der Waals surface area contributed by atoms with Gasteiger partial charge in [0.25, 0.3) is 0 Å². The van der Waals surface area contributed by atoms with Crippen LogP contribution in [0.2, 0.25) is 10.0 Å². The van der Waals surface area contributed by atoms with Crippen LogP contribution in [-0.2, 0) is 26.3 Å². The molecule has 0 unspecified atom stereocenters. The molecule has 5 nitrogen and oxygen atoms in total. The summed E-state index contributed by atoms with van der Waals surface area (Å²) in [7, 11) is 0. The zero-order chi connectivity index (χ0) is 27.7. The van der Waals surface area contributed by atoms with E-state index in [1.807, 2.05) is 55.1 Å². The molecule has 0 aromatic heterocycles. The van der Waals surface area contributed by atoms with Gasteiger partial charge in [0.15, 0.2) is 0 Å². The highest BCUT2D eigenvalue weighted by molar-refractivity contribution is 6.38. The average molecular weight is 561 g/mol. The van der Waals surface area contributed by atoms with Crippen LogP contribution in [0.25, 0.3) is 0 Å². The minimum Gasteiger partial charge on any atom is -0.481 e. The lowest BCUT2D eigenvalue weighted by Gasteiger charge is -2.49. The largest absolute Gasteiger partial charge is 0.481 e. The highest BCUT2D eigenvalue weighted by Crippen LogP contribution is 2.59. The van der Waals surface area contributed by atoms with Gasteiger partial charge in [0.2, 0.25) is 5.91 Å². The third-order valence-electron chi connectivity index (χ3n) is 8.82. The Kier molecular flexibility index (Phi) is 8.81. The molecule has 1 fully saturated rings. The van der Waals surface area contributed by atoms with Crippen LogP contribution < -0.4 is 4.90 Å². The van der Waals surface area contributed by atoms with Crippen LogP contribution in [-0.4, -0.2) is 30.1 Å². The van der Waals surface area contributed by atoms with Gasteiger partial charge in [-0.1, -0.05) is 80.7 Å². The Morgan fingerprint density at radius 3 is 2.53 bits per heavy atom. The Balaban J connectivity index is 1.65. The number of nitrogens with zero attached hydrogens (tertiary/aromatic N) is 1. The van der Waals surface area contributed by atoms with Crippen LogP contribution in [0, 0.1) is 11.3 Å². The van der Waals surface area contributed by atoms with Crippen LogP contribution in [0.15, 0.2) is 36.4 Å². The van der Waals surface area contributed by atoms with Crippen LogP contribution in [0.1, 0.15) is 88.8 Å². The zero-order valence-electron chi connectivity index (χ0n) is 22.9. The molecule has 0 radical (unpaired) electrons. The van der Waals surface area contributed by atoms with E-state index in [0.29, 0.717) is 36.2 Å². The summed E-state index contributed by atoms with van der Waals surface area (Å²) in [5.74, 6) is -1.20. The number of benzene rings is 2. The molecule has 7 heteroatoms. The maximum Gasteiger partial charge on any atom is 0.309 e. The first-order valence-corrected chi connectivity index (χ1v) is 14.4. The monoisotopic (exact) mass is 559 g/mol. The van der Waals surface area contributed by atoms with E-state index >= 15 is 0 Å². The molecule has 1 aliphatic heterocycles. The van der Waals surface area contributed by atoms with Crippen molar-refractivity contribution in [3.8, 4) is 0 Å². The molecule has 1 amide bonds. The third-order valence-corrected chi connectivity index (χ3v) is 9.52. The molecule has 0 spiro atoms. The number of carbonyl (C=O) groups is 2. The van der Waals surface area contributed by atoms with Gasteiger partial charge in [0, 0.05) is 24.6 Å². The standard InChI is InChI=1S/C31H39Cl2NO4/c1-20(2)26-23(32)17-22-28(27(26)33)34(15-8-9-16-38-19-21-11-6-5-7-12-21)25(35)18-24-30(22,3)13-10-14-31(24,4)29(36)37/h5-7,11-12,17,20,24H,8-10,13-16,18-19H2,1-4H3,(H,36,37)/t24-,30-,31-/m1/s1. The van der Waals surface area contributed by atoms with Crippen LogP contribution >= 0.6 is 23.2 Å². The van der Waals surface area contributed by atoms with Gasteiger partial charge in [-0.05, 0) is 72.6 Å². The Morgan fingerprint density at radius 2 is 1.87 bits per heavy atom. The number of anilines is 1. The van der Waals surface area contributed by atoms with E-state index in [4.69, 9.17) is 27.9 Å². The van der Waals surface area contributed by atoms with Crippen molar-refractivity contribution in [1.29, 1.82) is 0 Å². The molecule has 2 aliphatic rings. The molecule has 0 bridgehead atoms. The zero-order valence-corrected chi connectivity index (χ0v) is 24.4. The summed E-state index contributed by atoms with van der Waals surface area (Å²) in [6.07, 6.45) is 3.81. The second-order valence-electron chi connectivity index (χ2n) is 11.7. The summed E-state index contributed by atoms with van der Waals surface area (Å²) in [5.41, 5.74) is 2.04. The fraction of sp³-hybridized carbons (Fsp3) is 0.548. The first-order chi connectivity index (χ1) is 18.0. The van der Waals surface area contributed by atoms with E-state index in [9.17, 15) is 14.7 Å². The van der Waals surface area contributed by atoms with E-state index in [1.165, 1.54) is 0 Å². The minimum atomic E-state index is -1.00. The van der Waals surface area contributed by atoms with Gasteiger partial charge in [-0.15, -0.1) is 0 Å². The van der Waals surface area contributed by atoms with Crippen molar-refractivity contribution in [2.75, 3.05) is 18.1 Å². The number of carboxylic acid groups (broad SMARTS) is 1. The van der Waals surface area contributed by atoms with Crippen molar-refractivity contribution in [2.45, 2.75) is 84.2 Å². The molecule has 1 saturated carbocycles. The van der Waals surface area contributed by atoms with E-state index in [0.717, 1.165) is 48.1 Å². The first kappa shape index (κ1) is 28.9. The smallest absolute Gasteiger partial charge is 0.309 e. The predicted molar refractivity (Wildman–Crippen MR) is 153 cm³/mol. The van der Waals surface area contributed by atoms with Gasteiger partial charge >= 0.3 is 5.97 Å². The van der Waals surface area contributed by atoms with E-state index in [-0.39, 0.29) is 24.2 Å². The minimum absolute atomic E-state index is 0.0708. The predicted octanol–water partition coefficient (Wildman–Crippen LogP) is 8.00. The second-order valence-corrected chi connectivity index (χ2v) is 12.5. The number of amides is 1. The van der Waals surface area contributed by atoms with Crippen LogP contribution in [0.5, 0.6) is 0 Å². The lowest BCUT2D eigenvalue weighted by atomic mass is 9.53. The summed E-state index contributed by atoms with van der Waals surface area (Å²) in [6, 6.07) is 12.0. The number of hydrogen-bond donors (Lipinski definition) is 1. The van der Waals surface area contributed by atoms with Crippen molar-refractivity contribution in [3.05, 3.63) is 63.1 Å². The second kappa shape index (κ2) is 11.6. The normalized spacial score (nSPS) is 25.2. The first-order valence-electron chi connectivity index (χ1n) is 13.7. The fourth-order valence-corrected chi connectivity index (χ4v) is 7.63. The SMILES string of the molecule is CC(C)c1c(Cl)cc2c(c1Cl)N(CCCCOCc1ccccc1)C(=O)C[C@H]1[C@](C)(C(=O)O)CCC[C@]21C. The number of ether oxygens (including phenoxy) is 1. The molecular weight excluding hydrogens is 521 g/mol. The molecule has 1 N–H and O–H groups in total. The summed E-state index contributed by atoms with van der Waals surface area (Å²) in [4.78, 5) is 28.3. The van der Waals surface area contributed by atoms with Crippen molar-refractivity contribution in [3.63, 3.8) is 0 Å². The van der Waals surface area contributed by atoms with Crippen LogP contribution in [0.3, 0.4) is 0 Å². The Labute approximate surface area is 236 Å². The number of rotatable bonds is 9. The molecule has 4 rings (SSSR count). The molecule has 2 aromatic rings. The van der Waals surface area contributed by atoms with E-state index in [2.05, 4.69) is 6.92 Å². The molecule has 0 saturated heterocycles. The van der Waals surface area contributed by atoms with Crippen molar-refractivity contribution in [1.82, 2.24) is 0 Å². The van der Waals surface area contributed by atoms with Crippen molar-refractivity contribution in [2.24, 2.45) is 11.3 Å². The summed E-state index contributed by atoms with van der Waals surface area (Å²) in [5, 5.41) is 11.4. The number of aliphatic carboxylic acids is 1. The van der Waals surface area contributed by atoms with Gasteiger partial charge in [-0.25, -0.2) is 0 Å². The maximum absolute atomic E-state index is 13.9. The van der Waals surface area contributed by atoms with Gasteiger partial charge in [0.1, 0.15) is 0 Å². The Bertz CT molecular complexity index is 1180. The molecule has 1 aliphatic carbocycles. The number of hydrogen-bond acceptors (Lipinski definition) is 3. The topological polar surface area (TPSA) is 66.8 Å². The fourth-order valence-electron chi connectivity index (χ4n) is 6.64. The van der Waals surface area contributed by atoms with E-state index < -0.39 is 16.8 Å². The summed E-state index contributed by atoms with van der Waals surface area (Å²) >= 11 is 13.9. The van der Waals surface area contributed by atoms with Crippen LogP contribution in [0.4, 0.5) is 5.69 Å². The van der Waals surface area contributed by atoms with Gasteiger partial charge < -0.3 is 14.7 Å². The van der Waals surface area contributed by atoms with Gasteiger partial charge in [-0.3, -0.25) is 9.59 Å². The van der Waals surface area contributed by atoms with E-state index in [1.54, 1.807) is 6.92 Å². The third kappa shape index (κ3) is 5.35. The lowest BCUT2D eigenvalue weighted by molar-refractivity contribution is -0.157. The number of halogens is 2. The summed E-state index contributed by atoms with van der Waals surface area (Å²) in [6.45, 7) is 9.63. The lowest BCUT2D eigenvalue weighted by Crippen LogP contribution is -2.50. The van der Waals surface area contributed by atoms with Gasteiger partial charge in [0.05, 0.1) is 22.7 Å². The average Bonchev–Trinajstić information content (AvgIpc) is 2.95. The van der Waals surface area contributed by atoms with Crippen molar-refractivity contribution < 1.29 is 19.4 Å². The maximum atomic E-state index is 13.9. The Hall–Kier alpha value is -2.08. The quantitative estimate of drug-likeness (QED) is 0.316. The highest BCUT2D eigenvalue weighted by atomic mass is 35.5. The molecular formula is C31H39Cl2NO4. The molecule has 38 heavy (non-hydrogen) atoms.